The molecule has 0 aliphatic heterocycles. The summed E-state index contributed by atoms with van der Waals surface area (Å²) in [5, 5.41) is 0. The van der Waals surface area contributed by atoms with Gasteiger partial charge in [-0.2, -0.15) is 0 Å². The molecule has 13 heavy (non-hydrogen) atoms. The van der Waals surface area contributed by atoms with Crippen molar-refractivity contribution in [3.63, 3.8) is 0 Å². The molecule has 1 rings (SSSR count). The Kier molecular flexibility index (Phi) is 7.82. The fourth-order valence-corrected chi connectivity index (χ4v) is 1.02. The Morgan fingerprint density at radius 2 is 1.62 bits per heavy atom. The minimum Gasteiger partial charge on any atom is -0.127 e. The van der Waals surface area contributed by atoms with Crippen LogP contribution >= 0.6 is 11.6 Å². The van der Waals surface area contributed by atoms with Crippen molar-refractivity contribution in [3.8, 4) is 0 Å². The Labute approximate surface area is 86.9 Å². The predicted octanol–water partition coefficient (Wildman–Crippen LogP) is 4.45. The Morgan fingerprint density at radius 1 is 1.15 bits per heavy atom. The van der Waals surface area contributed by atoms with Gasteiger partial charge in [-0.05, 0) is 17.9 Å². The van der Waals surface area contributed by atoms with Crippen molar-refractivity contribution < 1.29 is 0 Å². The van der Waals surface area contributed by atoms with E-state index in [1.807, 2.05) is 6.92 Å². The average Bonchev–Trinajstić information content (AvgIpc) is 2.19. The highest BCUT2D eigenvalue weighted by molar-refractivity contribution is 6.17. The lowest BCUT2D eigenvalue weighted by molar-refractivity contribution is 0.733. The summed E-state index contributed by atoms with van der Waals surface area (Å²) in [6, 6.07) is 10.6. The molecule has 0 heterocycles. The molecule has 74 valence electrons. The number of halogens is 1. The van der Waals surface area contributed by atoms with Gasteiger partial charge in [-0.25, -0.2) is 0 Å². The molecule has 1 aromatic rings. The van der Waals surface area contributed by atoms with Crippen molar-refractivity contribution in [2.45, 2.75) is 33.1 Å². The van der Waals surface area contributed by atoms with E-state index in [1.54, 1.807) is 0 Å². The highest BCUT2D eigenvalue weighted by atomic mass is 35.5. The van der Waals surface area contributed by atoms with Crippen LogP contribution in [0.3, 0.4) is 0 Å². The van der Waals surface area contributed by atoms with Gasteiger partial charge in [0.1, 0.15) is 0 Å². The third-order valence-electron chi connectivity index (χ3n) is 1.98. The van der Waals surface area contributed by atoms with Crippen molar-refractivity contribution in [1.82, 2.24) is 0 Å². The predicted molar refractivity (Wildman–Crippen MR) is 61.5 cm³/mol. The van der Waals surface area contributed by atoms with Crippen LogP contribution in [0.1, 0.15) is 38.7 Å². The molecule has 0 nitrogen and oxygen atoms in total. The molecule has 0 saturated carbocycles. The number of benzene rings is 1. The van der Waals surface area contributed by atoms with Crippen LogP contribution in [-0.2, 0) is 0 Å². The standard InChI is InChI=1S/C10H14.C2H5Cl/c1-3-9(2)10-7-5-4-6-8-10;1-2-3/h4-9H,3H2,1-2H3;2H2,1H3. The maximum Gasteiger partial charge on any atom is 0.0195 e. The van der Waals surface area contributed by atoms with E-state index < -0.39 is 0 Å². The van der Waals surface area contributed by atoms with E-state index in [-0.39, 0.29) is 0 Å². The summed E-state index contributed by atoms with van der Waals surface area (Å²) in [6.45, 7) is 6.37. The van der Waals surface area contributed by atoms with Gasteiger partial charge in [-0.15, -0.1) is 11.6 Å². The molecule has 0 amide bonds. The Balaban J connectivity index is 0.000000424. The topological polar surface area (TPSA) is 0 Å². The van der Waals surface area contributed by atoms with Crippen LogP contribution in [-0.4, -0.2) is 5.88 Å². The maximum absolute atomic E-state index is 5.00. The molecule has 0 N–H and O–H groups in total. The SMILES string of the molecule is CCC(C)c1ccccc1.CCCl. The Morgan fingerprint density at radius 3 is 2.00 bits per heavy atom. The first-order valence-electron chi connectivity index (χ1n) is 4.87. The largest absolute Gasteiger partial charge is 0.127 e. The van der Waals surface area contributed by atoms with Crippen LogP contribution < -0.4 is 0 Å². The normalized spacial score (nSPS) is 11.4. The van der Waals surface area contributed by atoms with Crippen molar-refractivity contribution in [1.29, 1.82) is 0 Å². The minimum absolute atomic E-state index is 0.709. The van der Waals surface area contributed by atoms with E-state index in [2.05, 4.69) is 44.2 Å². The molecule has 1 heteroatoms. The van der Waals surface area contributed by atoms with Crippen LogP contribution in [0.5, 0.6) is 0 Å². The number of rotatable bonds is 2. The van der Waals surface area contributed by atoms with Crippen molar-refractivity contribution >= 4 is 11.6 Å². The zero-order chi connectivity index (χ0) is 10.1. The van der Waals surface area contributed by atoms with E-state index in [9.17, 15) is 0 Å². The first kappa shape index (κ1) is 12.5. The van der Waals surface area contributed by atoms with Gasteiger partial charge in [0, 0.05) is 5.88 Å². The van der Waals surface area contributed by atoms with Gasteiger partial charge in [0.2, 0.25) is 0 Å². The smallest absolute Gasteiger partial charge is 0.0195 e. The molecule has 0 fully saturated rings. The van der Waals surface area contributed by atoms with Gasteiger partial charge < -0.3 is 0 Å². The molecule has 1 unspecified atom stereocenters. The molecule has 1 atom stereocenters. The quantitative estimate of drug-likeness (QED) is 0.617. The average molecular weight is 199 g/mol. The fraction of sp³-hybridized carbons (Fsp3) is 0.500. The Bertz CT molecular complexity index is 194. The molecule has 0 aliphatic rings. The summed E-state index contributed by atoms with van der Waals surface area (Å²) in [5.41, 5.74) is 1.45. The van der Waals surface area contributed by atoms with Crippen molar-refractivity contribution in [2.75, 3.05) is 5.88 Å². The summed E-state index contributed by atoms with van der Waals surface area (Å²) >= 11 is 5.00. The van der Waals surface area contributed by atoms with E-state index in [4.69, 9.17) is 11.6 Å². The van der Waals surface area contributed by atoms with Crippen LogP contribution in [0.2, 0.25) is 0 Å². The molecular weight excluding hydrogens is 180 g/mol. The van der Waals surface area contributed by atoms with Crippen LogP contribution in [0.25, 0.3) is 0 Å². The van der Waals surface area contributed by atoms with Crippen LogP contribution in [0.4, 0.5) is 0 Å². The summed E-state index contributed by atoms with van der Waals surface area (Å²) in [5.74, 6) is 1.43. The van der Waals surface area contributed by atoms with E-state index in [0.717, 1.165) is 5.88 Å². The van der Waals surface area contributed by atoms with Gasteiger partial charge in [-0.3, -0.25) is 0 Å². The maximum atomic E-state index is 5.00. The molecule has 0 bridgehead atoms. The van der Waals surface area contributed by atoms with Gasteiger partial charge in [-0.1, -0.05) is 51.1 Å². The zero-order valence-corrected chi connectivity index (χ0v) is 9.51. The van der Waals surface area contributed by atoms with Gasteiger partial charge in [0.25, 0.3) is 0 Å². The van der Waals surface area contributed by atoms with E-state index in [0.29, 0.717) is 5.92 Å². The molecule has 0 aliphatic carbocycles. The van der Waals surface area contributed by atoms with Crippen LogP contribution in [0.15, 0.2) is 30.3 Å². The number of alkyl halides is 1. The summed E-state index contributed by atoms with van der Waals surface area (Å²) in [4.78, 5) is 0. The number of hydrogen-bond donors (Lipinski definition) is 0. The van der Waals surface area contributed by atoms with E-state index in [1.165, 1.54) is 12.0 Å². The second-order valence-corrected chi connectivity index (χ2v) is 3.52. The third-order valence-corrected chi connectivity index (χ3v) is 1.98. The van der Waals surface area contributed by atoms with Gasteiger partial charge >= 0.3 is 0 Å². The Hall–Kier alpha value is -0.490. The highest BCUT2D eigenvalue weighted by Gasteiger charge is 1.98. The summed E-state index contributed by atoms with van der Waals surface area (Å²) < 4.78 is 0. The fourth-order valence-electron chi connectivity index (χ4n) is 1.02. The molecule has 0 aromatic heterocycles. The molecule has 0 saturated heterocycles. The first-order valence-corrected chi connectivity index (χ1v) is 5.40. The second-order valence-electron chi connectivity index (χ2n) is 2.99. The monoisotopic (exact) mass is 198 g/mol. The zero-order valence-electron chi connectivity index (χ0n) is 8.76. The van der Waals surface area contributed by atoms with Crippen molar-refractivity contribution in [3.05, 3.63) is 35.9 Å². The summed E-state index contributed by atoms with van der Waals surface area (Å²) in [6.07, 6.45) is 1.23. The minimum atomic E-state index is 0.709. The molecular formula is C12H19Cl. The summed E-state index contributed by atoms with van der Waals surface area (Å²) in [7, 11) is 0. The first-order chi connectivity index (χ1) is 6.26. The van der Waals surface area contributed by atoms with Crippen molar-refractivity contribution in [2.24, 2.45) is 0 Å². The second kappa shape index (κ2) is 8.12. The van der Waals surface area contributed by atoms with Gasteiger partial charge in [0.15, 0.2) is 0 Å². The molecule has 0 radical (unpaired) electrons. The molecule has 1 aromatic carbocycles. The van der Waals surface area contributed by atoms with Crippen LogP contribution in [0, 0.1) is 0 Å². The number of hydrogen-bond acceptors (Lipinski definition) is 0. The lowest BCUT2D eigenvalue weighted by Crippen LogP contribution is -1.88. The van der Waals surface area contributed by atoms with Gasteiger partial charge in [0.05, 0.1) is 0 Å². The lowest BCUT2D eigenvalue weighted by atomic mass is 9.99. The highest BCUT2D eigenvalue weighted by Crippen LogP contribution is 2.16. The lowest BCUT2D eigenvalue weighted by Gasteiger charge is -2.06. The van der Waals surface area contributed by atoms with E-state index >= 15 is 0 Å². The molecule has 0 spiro atoms. The third kappa shape index (κ3) is 5.70.